The Morgan fingerprint density at radius 2 is 2.18 bits per heavy atom. The summed E-state index contributed by atoms with van der Waals surface area (Å²) in [6, 6.07) is 0. The first-order valence-corrected chi connectivity index (χ1v) is 3.31. The number of nitrogens with one attached hydrogen (secondary N) is 1. The molecule has 60 valence electrons. The van der Waals surface area contributed by atoms with Crippen LogP contribution in [0, 0.1) is 5.92 Å². The fourth-order valence-corrected chi connectivity index (χ4v) is 1.11. The van der Waals surface area contributed by atoms with E-state index >= 15 is 0 Å². The molecule has 4 nitrogen and oxygen atoms in total. The number of carboxylic acid groups (broad SMARTS) is 1. The Kier molecular flexibility index (Phi) is 5.29. The van der Waals surface area contributed by atoms with E-state index in [9.17, 15) is 4.79 Å². The third kappa shape index (κ3) is 3.53. The van der Waals surface area contributed by atoms with Gasteiger partial charge in [-0.1, -0.05) is 0 Å². The van der Waals surface area contributed by atoms with Gasteiger partial charge in [-0.05, 0) is 6.42 Å². The maximum atomic E-state index is 10.3. The molecule has 1 saturated heterocycles. The molecule has 0 spiro atoms. The summed E-state index contributed by atoms with van der Waals surface area (Å²) in [4.78, 5) is 10.3. The monoisotopic (exact) mass is 169 g/mol. The largest absolute Gasteiger partial charge is 1.00 e. The van der Waals surface area contributed by atoms with E-state index in [1.165, 1.54) is 0 Å². The minimum absolute atomic E-state index is 0. The minimum Gasteiger partial charge on any atom is -1.00 e. The number of piperidine rings is 1. The molecule has 0 saturated carbocycles. The fraction of sp³-hybridized carbons (Fsp3) is 0.833. The Morgan fingerprint density at radius 1 is 1.55 bits per heavy atom. The number of hydrogen-bond donors (Lipinski definition) is 3. The second kappa shape index (κ2) is 5.11. The fourth-order valence-electron chi connectivity index (χ4n) is 1.11. The average Bonchev–Trinajstić information content (AvgIpc) is 1.88. The summed E-state index contributed by atoms with van der Waals surface area (Å²) in [6.45, 7) is 0.996. The number of β-amino-alcohol motifs (C(OH)–C–C–N with tert-alkyl or cyclic N) is 1. The molecule has 0 amide bonds. The van der Waals surface area contributed by atoms with Crippen LogP contribution in [-0.2, 0) is 4.79 Å². The molecule has 0 aromatic heterocycles. The summed E-state index contributed by atoms with van der Waals surface area (Å²) in [5.74, 6) is -1.24. The first kappa shape index (κ1) is 11.4. The van der Waals surface area contributed by atoms with Crippen molar-refractivity contribution in [1.82, 2.24) is 5.32 Å². The molecule has 0 bridgehead atoms. The van der Waals surface area contributed by atoms with Crippen molar-refractivity contribution in [2.45, 2.75) is 12.5 Å². The zero-order valence-corrected chi connectivity index (χ0v) is 8.58. The third-order valence-corrected chi connectivity index (χ3v) is 1.68. The number of rotatable bonds is 1. The third-order valence-electron chi connectivity index (χ3n) is 1.68. The molecule has 11 heavy (non-hydrogen) atoms. The van der Waals surface area contributed by atoms with Crippen molar-refractivity contribution in [3.05, 3.63) is 0 Å². The Labute approximate surface area is 88.8 Å². The van der Waals surface area contributed by atoms with E-state index in [1.54, 1.807) is 0 Å². The van der Waals surface area contributed by atoms with Crippen molar-refractivity contribution in [1.29, 1.82) is 0 Å². The summed E-state index contributed by atoms with van der Waals surface area (Å²) in [5, 5.41) is 20.3. The number of carboxylic acids is 1. The first-order valence-electron chi connectivity index (χ1n) is 3.31. The number of aliphatic hydroxyl groups is 1. The van der Waals surface area contributed by atoms with Gasteiger partial charge in [0.1, 0.15) is 0 Å². The van der Waals surface area contributed by atoms with Crippen LogP contribution in [-0.4, -0.2) is 35.4 Å². The number of aliphatic carboxylic acids is 1. The average molecular weight is 169 g/mol. The van der Waals surface area contributed by atoms with E-state index in [4.69, 9.17) is 10.2 Å². The van der Waals surface area contributed by atoms with Gasteiger partial charge in [0.15, 0.2) is 0 Å². The maximum Gasteiger partial charge on any atom is 1.00 e. The second-order valence-electron chi connectivity index (χ2n) is 2.58. The first-order chi connectivity index (χ1) is 4.70. The van der Waals surface area contributed by atoms with Crippen molar-refractivity contribution in [2.24, 2.45) is 5.92 Å². The Hall–Kier alpha value is 0.390. The topological polar surface area (TPSA) is 69.6 Å². The quantitative estimate of drug-likeness (QED) is 0.352. The van der Waals surface area contributed by atoms with Crippen LogP contribution >= 0.6 is 0 Å². The van der Waals surface area contributed by atoms with E-state index in [2.05, 4.69) is 5.32 Å². The Balaban J connectivity index is 0. The summed E-state index contributed by atoms with van der Waals surface area (Å²) in [5.41, 5.74) is 0. The zero-order chi connectivity index (χ0) is 7.56. The molecule has 1 heterocycles. The van der Waals surface area contributed by atoms with Crippen LogP contribution in [0.5, 0.6) is 0 Å². The Bertz CT molecular complexity index is 147. The van der Waals surface area contributed by atoms with Crippen LogP contribution in [0.4, 0.5) is 0 Å². The van der Waals surface area contributed by atoms with Crippen LogP contribution in [0.2, 0.25) is 0 Å². The van der Waals surface area contributed by atoms with Crippen molar-refractivity contribution in [2.75, 3.05) is 13.1 Å². The molecule has 1 aliphatic rings. The smallest absolute Gasteiger partial charge is 1.00 e. The van der Waals surface area contributed by atoms with Gasteiger partial charge in [-0.2, -0.15) is 0 Å². The molecule has 1 rings (SSSR count). The van der Waals surface area contributed by atoms with E-state index in [0.717, 1.165) is 0 Å². The molecule has 1 aliphatic heterocycles. The van der Waals surface area contributed by atoms with E-state index in [0.29, 0.717) is 19.5 Å². The number of carbonyl (C=O) groups is 1. The molecular formula is C6H12NNaO3. The SMILES string of the molecule is O=C(O)C1CNCC(O)C1.[H-].[Na+]. The second-order valence-corrected chi connectivity index (χ2v) is 2.58. The normalized spacial score (nSPS) is 30.6. The molecule has 0 aromatic rings. The van der Waals surface area contributed by atoms with Crippen molar-refractivity contribution in [3.8, 4) is 0 Å². The van der Waals surface area contributed by atoms with Crippen molar-refractivity contribution < 1.29 is 46.0 Å². The molecule has 0 aliphatic carbocycles. The van der Waals surface area contributed by atoms with Gasteiger partial charge < -0.3 is 17.0 Å². The molecule has 0 radical (unpaired) electrons. The van der Waals surface area contributed by atoms with E-state index < -0.39 is 18.0 Å². The van der Waals surface area contributed by atoms with Gasteiger partial charge in [0.05, 0.1) is 12.0 Å². The van der Waals surface area contributed by atoms with E-state index in [-0.39, 0.29) is 31.0 Å². The summed E-state index contributed by atoms with van der Waals surface area (Å²) in [7, 11) is 0. The standard InChI is InChI=1S/C6H11NO3.Na.H/c8-5-1-4(6(9)10)2-7-3-5;;/h4-5,7-8H,1-3H2,(H,9,10);;/q;+1;-1. The van der Waals surface area contributed by atoms with Gasteiger partial charge in [0.25, 0.3) is 0 Å². The Morgan fingerprint density at radius 3 is 2.55 bits per heavy atom. The molecule has 0 aromatic carbocycles. The summed E-state index contributed by atoms with van der Waals surface area (Å²) < 4.78 is 0. The minimum atomic E-state index is -0.828. The molecule has 1 fully saturated rings. The van der Waals surface area contributed by atoms with Crippen LogP contribution in [0.3, 0.4) is 0 Å². The van der Waals surface area contributed by atoms with Gasteiger partial charge in [-0.25, -0.2) is 0 Å². The van der Waals surface area contributed by atoms with Crippen LogP contribution < -0.4 is 34.9 Å². The van der Waals surface area contributed by atoms with Gasteiger partial charge in [0, 0.05) is 13.1 Å². The number of aliphatic hydroxyl groups excluding tert-OH is 1. The van der Waals surface area contributed by atoms with Crippen LogP contribution in [0.15, 0.2) is 0 Å². The predicted octanol–water partition coefficient (Wildman–Crippen LogP) is -3.84. The summed E-state index contributed by atoms with van der Waals surface area (Å²) >= 11 is 0. The van der Waals surface area contributed by atoms with Crippen molar-refractivity contribution in [3.63, 3.8) is 0 Å². The molecule has 5 heteroatoms. The van der Waals surface area contributed by atoms with Gasteiger partial charge >= 0.3 is 35.5 Å². The van der Waals surface area contributed by atoms with Gasteiger partial charge in [0.2, 0.25) is 0 Å². The van der Waals surface area contributed by atoms with E-state index in [1.807, 2.05) is 0 Å². The molecule has 3 N–H and O–H groups in total. The van der Waals surface area contributed by atoms with Crippen molar-refractivity contribution >= 4 is 5.97 Å². The van der Waals surface area contributed by atoms with Gasteiger partial charge in [-0.15, -0.1) is 0 Å². The predicted molar refractivity (Wildman–Crippen MR) is 35.7 cm³/mol. The maximum absolute atomic E-state index is 10.3. The molecule has 2 atom stereocenters. The zero-order valence-electron chi connectivity index (χ0n) is 7.58. The number of hydrogen-bond acceptors (Lipinski definition) is 3. The van der Waals surface area contributed by atoms with Crippen LogP contribution in [0.25, 0.3) is 0 Å². The van der Waals surface area contributed by atoms with Gasteiger partial charge in [-0.3, -0.25) is 4.79 Å². The molecule has 2 unspecified atom stereocenters. The molecular weight excluding hydrogens is 157 g/mol. The van der Waals surface area contributed by atoms with Crippen LogP contribution in [0.1, 0.15) is 7.85 Å². The summed E-state index contributed by atoms with van der Waals surface area (Å²) in [6.07, 6.45) is -0.114.